The molecule has 2 aromatic carbocycles. The number of benzene rings is 2. The van der Waals surface area contributed by atoms with Gasteiger partial charge in [0, 0.05) is 30.1 Å². The third-order valence-electron chi connectivity index (χ3n) is 5.21. The number of carboxylic acid groups (broad SMARTS) is 1. The Hall–Kier alpha value is -4.71. The van der Waals surface area contributed by atoms with Crippen LogP contribution >= 0.6 is 0 Å². The Kier molecular flexibility index (Phi) is 6.00. The van der Waals surface area contributed by atoms with Crippen molar-refractivity contribution in [3.8, 4) is 6.07 Å². The number of carbonyl (C=O) groups excluding carboxylic acids is 1. The molecule has 2 heterocycles. The number of carbonyl (C=O) groups is 2. The molecule has 1 aromatic heterocycles. The Balaban J connectivity index is 1.49. The summed E-state index contributed by atoms with van der Waals surface area (Å²) in [6.45, 7) is 0. The van der Waals surface area contributed by atoms with E-state index in [0.717, 1.165) is 5.56 Å². The summed E-state index contributed by atoms with van der Waals surface area (Å²) in [6.07, 6.45) is 1.50. The van der Waals surface area contributed by atoms with Crippen molar-refractivity contribution >= 4 is 23.4 Å². The summed E-state index contributed by atoms with van der Waals surface area (Å²) in [7, 11) is 0. The van der Waals surface area contributed by atoms with Crippen LogP contribution in [0.1, 0.15) is 23.1 Å². The van der Waals surface area contributed by atoms with Crippen molar-refractivity contribution < 1.29 is 19.5 Å². The highest BCUT2D eigenvalue weighted by atomic mass is 16.6. The van der Waals surface area contributed by atoms with Gasteiger partial charge in [0.1, 0.15) is 6.07 Å². The fourth-order valence-electron chi connectivity index (χ4n) is 3.56. The van der Waals surface area contributed by atoms with Crippen LogP contribution in [0.2, 0.25) is 0 Å². The maximum atomic E-state index is 12.6. The van der Waals surface area contributed by atoms with Gasteiger partial charge in [-0.1, -0.05) is 47.6 Å². The number of pyridine rings is 1. The lowest BCUT2D eigenvalue weighted by Crippen LogP contribution is -2.45. The van der Waals surface area contributed by atoms with Crippen LogP contribution in [0.4, 0.5) is 10.5 Å². The smallest absolute Gasteiger partial charge is 0.406 e. The minimum Gasteiger partial charge on any atom is -0.465 e. The fraction of sp³-hybridized carbons (Fsp3) is 0.125. The number of nitrogens with zero attached hydrogens (tertiary/aromatic N) is 3. The molecular weight excluding hydrogens is 422 g/mol. The quantitative estimate of drug-likeness (QED) is 0.537. The van der Waals surface area contributed by atoms with Crippen LogP contribution < -0.4 is 10.6 Å². The molecule has 4 rings (SSSR count). The van der Waals surface area contributed by atoms with Crippen LogP contribution in [0.3, 0.4) is 0 Å². The van der Waals surface area contributed by atoms with E-state index in [4.69, 9.17) is 4.84 Å². The van der Waals surface area contributed by atoms with E-state index >= 15 is 0 Å². The van der Waals surface area contributed by atoms with Crippen LogP contribution in [0.5, 0.6) is 0 Å². The maximum absolute atomic E-state index is 12.6. The summed E-state index contributed by atoms with van der Waals surface area (Å²) >= 11 is 0. The summed E-state index contributed by atoms with van der Waals surface area (Å²) in [5.41, 5.74) is 1.19. The maximum Gasteiger partial charge on any atom is 0.406 e. The van der Waals surface area contributed by atoms with E-state index in [1.165, 1.54) is 0 Å². The minimum atomic E-state index is -1.60. The zero-order valence-electron chi connectivity index (χ0n) is 17.3. The van der Waals surface area contributed by atoms with Crippen LogP contribution in [0.25, 0.3) is 0 Å². The second-order valence-electron chi connectivity index (χ2n) is 7.30. The molecule has 164 valence electrons. The minimum absolute atomic E-state index is 0.309. The largest absolute Gasteiger partial charge is 0.465 e. The van der Waals surface area contributed by atoms with E-state index in [9.17, 15) is 20.0 Å². The number of amides is 2. The first-order chi connectivity index (χ1) is 16.0. The van der Waals surface area contributed by atoms with E-state index in [2.05, 4.69) is 26.8 Å². The number of anilines is 1. The Bertz CT molecular complexity index is 1220. The number of rotatable bonds is 6. The number of aromatic nitrogens is 1. The van der Waals surface area contributed by atoms with Gasteiger partial charge in [0.2, 0.25) is 6.10 Å². The molecule has 3 N–H and O–H groups in total. The number of oxime groups is 1. The van der Waals surface area contributed by atoms with E-state index in [-0.39, 0.29) is 5.91 Å². The third kappa shape index (κ3) is 4.50. The van der Waals surface area contributed by atoms with Gasteiger partial charge >= 0.3 is 6.09 Å². The summed E-state index contributed by atoms with van der Waals surface area (Å²) in [6, 6.07) is 20.7. The van der Waals surface area contributed by atoms with Gasteiger partial charge in [-0.15, -0.1) is 0 Å². The third-order valence-corrected chi connectivity index (χ3v) is 5.21. The molecule has 2 amide bonds. The van der Waals surface area contributed by atoms with Gasteiger partial charge in [-0.25, -0.2) is 4.79 Å². The van der Waals surface area contributed by atoms with Crippen LogP contribution in [0, 0.1) is 11.3 Å². The Labute approximate surface area is 189 Å². The highest BCUT2D eigenvalue weighted by Gasteiger charge is 2.36. The zero-order valence-corrected chi connectivity index (χ0v) is 17.3. The van der Waals surface area contributed by atoms with Crippen molar-refractivity contribution in [2.45, 2.75) is 18.1 Å². The molecule has 0 aliphatic carbocycles. The molecule has 3 aromatic rings. The topological polar surface area (TPSA) is 137 Å². The molecule has 0 saturated heterocycles. The van der Waals surface area contributed by atoms with Crippen LogP contribution in [-0.2, 0) is 15.2 Å². The summed E-state index contributed by atoms with van der Waals surface area (Å²) in [4.78, 5) is 33.4. The standard InChI is InChI=1S/C24H19N5O4/c25-15-24(28-23(31)32,17-6-2-1-3-7-17)18-8-10-19(11-9-18)27-22(30)21-13-20(29-33-21)16-5-4-12-26-14-16/h1-12,14,21,28H,13H2,(H,27,30)(H,31,32). The van der Waals surface area contributed by atoms with Crippen molar-refractivity contribution in [3.05, 3.63) is 95.8 Å². The lowest BCUT2D eigenvalue weighted by molar-refractivity contribution is -0.125. The summed E-state index contributed by atoms with van der Waals surface area (Å²) in [5, 5.41) is 28.4. The highest BCUT2D eigenvalue weighted by Crippen LogP contribution is 2.30. The van der Waals surface area contributed by atoms with Crippen LogP contribution in [0.15, 0.2) is 84.3 Å². The highest BCUT2D eigenvalue weighted by molar-refractivity contribution is 6.05. The van der Waals surface area contributed by atoms with Gasteiger partial charge < -0.3 is 15.3 Å². The fourth-order valence-corrected chi connectivity index (χ4v) is 3.56. The van der Waals surface area contributed by atoms with E-state index < -0.39 is 17.7 Å². The first-order valence-electron chi connectivity index (χ1n) is 10.0. The second-order valence-corrected chi connectivity index (χ2v) is 7.30. The molecule has 2 atom stereocenters. The molecular formula is C24H19N5O4. The lowest BCUT2D eigenvalue weighted by Gasteiger charge is -2.27. The summed E-state index contributed by atoms with van der Waals surface area (Å²) < 4.78 is 0. The van der Waals surface area contributed by atoms with Crippen LogP contribution in [-0.4, -0.2) is 33.9 Å². The SMILES string of the molecule is N#CC(NC(=O)O)(c1ccccc1)c1ccc(NC(=O)C2CC(c3cccnc3)=NO2)cc1. The van der Waals surface area contributed by atoms with E-state index in [1.807, 2.05) is 6.07 Å². The molecule has 0 saturated carbocycles. The number of nitriles is 1. The lowest BCUT2D eigenvalue weighted by atomic mass is 9.84. The molecule has 9 heteroatoms. The van der Waals surface area contributed by atoms with E-state index in [1.54, 1.807) is 73.1 Å². The van der Waals surface area contributed by atoms with Crippen molar-refractivity contribution in [3.63, 3.8) is 0 Å². The van der Waals surface area contributed by atoms with Gasteiger partial charge in [0.05, 0.1) is 5.71 Å². The second kappa shape index (κ2) is 9.20. The zero-order chi connectivity index (χ0) is 23.3. The first kappa shape index (κ1) is 21.5. The molecule has 0 fully saturated rings. The molecule has 1 aliphatic rings. The number of nitrogens with one attached hydrogen (secondary N) is 2. The Morgan fingerprint density at radius 3 is 2.42 bits per heavy atom. The first-order valence-corrected chi connectivity index (χ1v) is 10.0. The average Bonchev–Trinajstić information content (AvgIpc) is 3.35. The van der Waals surface area contributed by atoms with Crippen molar-refractivity contribution in [2.75, 3.05) is 5.32 Å². The van der Waals surface area contributed by atoms with Gasteiger partial charge in [0.15, 0.2) is 5.54 Å². The average molecular weight is 441 g/mol. The van der Waals surface area contributed by atoms with Gasteiger partial charge in [0.25, 0.3) is 5.91 Å². The Morgan fingerprint density at radius 1 is 1.06 bits per heavy atom. The Morgan fingerprint density at radius 2 is 1.79 bits per heavy atom. The molecule has 0 bridgehead atoms. The molecule has 9 nitrogen and oxygen atoms in total. The predicted molar refractivity (Wildman–Crippen MR) is 119 cm³/mol. The monoisotopic (exact) mass is 441 g/mol. The molecule has 0 spiro atoms. The van der Waals surface area contributed by atoms with Crippen molar-refractivity contribution in [1.82, 2.24) is 10.3 Å². The van der Waals surface area contributed by atoms with Gasteiger partial charge in [-0.2, -0.15) is 5.26 Å². The molecule has 2 unspecified atom stereocenters. The van der Waals surface area contributed by atoms with E-state index in [0.29, 0.717) is 28.9 Å². The molecule has 0 radical (unpaired) electrons. The van der Waals surface area contributed by atoms with Crippen molar-refractivity contribution in [1.29, 1.82) is 5.26 Å². The molecule has 1 aliphatic heterocycles. The van der Waals surface area contributed by atoms with Crippen molar-refractivity contribution in [2.24, 2.45) is 5.16 Å². The molecule has 33 heavy (non-hydrogen) atoms. The summed E-state index contributed by atoms with van der Waals surface area (Å²) in [5.74, 6) is -0.372. The van der Waals surface area contributed by atoms with Gasteiger partial charge in [-0.3, -0.25) is 15.1 Å². The number of hydrogen-bond acceptors (Lipinski definition) is 6. The normalized spacial score (nSPS) is 16.5. The van der Waals surface area contributed by atoms with Gasteiger partial charge in [-0.05, 0) is 35.4 Å². The number of hydrogen-bond donors (Lipinski definition) is 3. The predicted octanol–water partition coefficient (Wildman–Crippen LogP) is 3.25.